The quantitative estimate of drug-likeness (QED) is 0.732. The minimum atomic E-state index is -0.230. The van der Waals surface area contributed by atoms with Gasteiger partial charge in [0, 0.05) is 31.9 Å². The van der Waals surface area contributed by atoms with Crippen LogP contribution in [0.4, 0.5) is 5.82 Å². The van der Waals surface area contributed by atoms with Crippen LogP contribution in [-0.2, 0) is 0 Å². The molecule has 1 amide bonds. The Morgan fingerprint density at radius 3 is 2.32 bits per heavy atom. The number of nitrogens with zero attached hydrogens (tertiary/aromatic N) is 2. The van der Waals surface area contributed by atoms with Crippen molar-refractivity contribution >= 4 is 36.5 Å². The van der Waals surface area contributed by atoms with Crippen LogP contribution in [-0.4, -0.2) is 30.5 Å². The van der Waals surface area contributed by atoms with Gasteiger partial charge in [-0.3, -0.25) is 4.79 Å². The lowest BCUT2D eigenvalue weighted by Crippen LogP contribution is -2.33. The first-order chi connectivity index (χ1) is 12.6. The highest BCUT2D eigenvalue weighted by Crippen LogP contribution is 2.22. The molecule has 0 radical (unpaired) electrons. The number of hydrogen-bond acceptors (Lipinski definition) is 4. The molecular weight excluding hydrogens is 395 g/mol. The van der Waals surface area contributed by atoms with Crippen LogP contribution in [0.5, 0.6) is 0 Å². The molecule has 2 heterocycles. The van der Waals surface area contributed by atoms with Crippen molar-refractivity contribution in [1.29, 1.82) is 0 Å². The van der Waals surface area contributed by atoms with Crippen LogP contribution < -0.4 is 16.0 Å². The zero-order chi connectivity index (χ0) is 18.5. The van der Waals surface area contributed by atoms with E-state index in [2.05, 4.69) is 41.2 Å². The molecule has 1 aliphatic heterocycles. The number of nitrogens with two attached hydrogens (primary N) is 1. The van der Waals surface area contributed by atoms with E-state index in [4.69, 9.17) is 5.73 Å². The van der Waals surface area contributed by atoms with Gasteiger partial charge in [-0.15, -0.1) is 24.8 Å². The first kappa shape index (κ1) is 24.2. The van der Waals surface area contributed by atoms with E-state index < -0.39 is 0 Å². The fraction of sp³-hybridized carbons (Fsp3) is 0.429. The Morgan fingerprint density at radius 2 is 1.71 bits per heavy atom. The second kappa shape index (κ2) is 11.2. The van der Waals surface area contributed by atoms with Crippen molar-refractivity contribution in [2.24, 2.45) is 5.73 Å². The maximum Gasteiger partial charge on any atom is 0.255 e. The number of amides is 1. The molecule has 5 nitrogen and oxygen atoms in total. The van der Waals surface area contributed by atoms with E-state index in [0.29, 0.717) is 18.0 Å². The van der Waals surface area contributed by atoms with E-state index >= 15 is 0 Å². The van der Waals surface area contributed by atoms with Crippen LogP contribution in [0.15, 0.2) is 42.6 Å². The van der Waals surface area contributed by atoms with Gasteiger partial charge in [0.2, 0.25) is 0 Å². The van der Waals surface area contributed by atoms with Crippen LogP contribution in [0.1, 0.15) is 60.1 Å². The third-order valence-corrected chi connectivity index (χ3v) is 4.95. The van der Waals surface area contributed by atoms with Crippen LogP contribution >= 0.6 is 24.8 Å². The SMILES string of the molecule is CC(C)c1ccc(C(N)CNC(=O)c2cccnc2N2CCCC2)cc1.Cl.Cl. The monoisotopic (exact) mass is 424 g/mol. The predicted octanol–water partition coefficient (Wildman–Crippen LogP) is 4.08. The highest BCUT2D eigenvalue weighted by atomic mass is 35.5. The van der Waals surface area contributed by atoms with Crippen LogP contribution in [0.3, 0.4) is 0 Å². The van der Waals surface area contributed by atoms with Crippen molar-refractivity contribution in [3.8, 4) is 0 Å². The molecule has 3 rings (SSSR count). The molecule has 0 aliphatic carbocycles. The van der Waals surface area contributed by atoms with E-state index in [-0.39, 0.29) is 36.8 Å². The van der Waals surface area contributed by atoms with Crippen LogP contribution in [0.25, 0.3) is 0 Å². The maximum absolute atomic E-state index is 12.7. The summed E-state index contributed by atoms with van der Waals surface area (Å²) in [7, 11) is 0. The van der Waals surface area contributed by atoms with Crippen molar-refractivity contribution in [3.05, 3.63) is 59.3 Å². The molecule has 7 heteroatoms. The molecule has 1 aromatic carbocycles. The highest BCUT2D eigenvalue weighted by molar-refractivity contribution is 5.98. The average molecular weight is 425 g/mol. The molecule has 0 spiro atoms. The molecular formula is C21H30Cl2N4O. The highest BCUT2D eigenvalue weighted by Gasteiger charge is 2.20. The summed E-state index contributed by atoms with van der Waals surface area (Å²) < 4.78 is 0. The molecule has 28 heavy (non-hydrogen) atoms. The Balaban J connectivity index is 0.00000196. The Bertz CT molecular complexity index is 746. The Morgan fingerprint density at radius 1 is 1.11 bits per heavy atom. The normalized spacial score (nSPS) is 14.2. The summed E-state index contributed by atoms with van der Waals surface area (Å²) in [5.74, 6) is 1.15. The number of nitrogens with one attached hydrogen (secondary N) is 1. The van der Waals surface area contributed by atoms with Gasteiger partial charge in [0.15, 0.2) is 0 Å². The molecule has 1 unspecified atom stereocenters. The summed E-state index contributed by atoms with van der Waals surface area (Å²) in [6.45, 7) is 6.65. The van der Waals surface area contributed by atoms with Gasteiger partial charge in [-0.2, -0.15) is 0 Å². The standard InChI is InChI=1S/C21H28N4O.2ClH/c1-15(2)16-7-9-17(10-8-16)19(22)14-24-21(26)18-6-5-11-23-20(18)25-12-3-4-13-25;;/h5-11,15,19H,3-4,12-14,22H2,1-2H3,(H,24,26);2*1H. The number of pyridine rings is 1. The number of anilines is 1. The minimum Gasteiger partial charge on any atom is -0.356 e. The fourth-order valence-electron chi connectivity index (χ4n) is 3.30. The minimum absolute atomic E-state index is 0. The van der Waals surface area contributed by atoms with Gasteiger partial charge in [0.1, 0.15) is 5.82 Å². The molecule has 0 saturated carbocycles. The summed E-state index contributed by atoms with van der Waals surface area (Å²) in [5, 5.41) is 2.97. The molecule has 1 atom stereocenters. The summed E-state index contributed by atoms with van der Waals surface area (Å²) in [5.41, 5.74) is 9.20. The fourth-order valence-corrected chi connectivity index (χ4v) is 3.30. The van der Waals surface area contributed by atoms with Gasteiger partial charge in [0.25, 0.3) is 5.91 Å². The Labute approximate surface area is 179 Å². The van der Waals surface area contributed by atoms with Crippen molar-refractivity contribution in [2.75, 3.05) is 24.5 Å². The van der Waals surface area contributed by atoms with Crippen molar-refractivity contribution in [2.45, 2.75) is 38.6 Å². The third-order valence-electron chi connectivity index (χ3n) is 4.95. The second-order valence-electron chi connectivity index (χ2n) is 7.21. The summed E-state index contributed by atoms with van der Waals surface area (Å²) in [6, 6.07) is 11.7. The third kappa shape index (κ3) is 5.84. The topological polar surface area (TPSA) is 71.2 Å². The van der Waals surface area contributed by atoms with Crippen molar-refractivity contribution in [1.82, 2.24) is 10.3 Å². The van der Waals surface area contributed by atoms with Crippen molar-refractivity contribution < 1.29 is 4.79 Å². The molecule has 1 fully saturated rings. The van der Waals surface area contributed by atoms with Gasteiger partial charge >= 0.3 is 0 Å². The van der Waals surface area contributed by atoms with Gasteiger partial charge in [-0.05, 0) is 42.0 Å². The number of rotatable bonds is 6. The zero-order valence-electron chi connectivity index (χ0n) is 16.4. The number of benzene rings is 1. The predicted molar refractivity (Wildman–Crippen MR) is 120 cm³/mol. The first-order valence-electron chi connectivity index (χ1n) is 9.40. The Hall–Kier alpha value is -1.82. The lowest BCUT2D eigenvalue weighted by atomic mass is 9.99. The smallest absolute Gasteiger partial charge is 0.255 e. The molecule has 1 saturated heterocycles. The number of halogens is 2. The van der Waals surface area contributed by atoms with Crippen molar-refractivity contribution in [3.63, 3.8) is 0 Å². The number of hydrogen-bond donors (Lipinski definition) is 2. The van der Waals surface area contributed by atoms with E-state index in [1.165, 1.54) is 5.56 Å². The van der Waals surface area contributed by atoms with E-state index in [1.807, 2.05) is 18.2 Å². The van der Waals surface area contributed by atoms with E-state index in [0.717, 1.165) is 37.3 Å². The van der Waals surface area contributed by atoms with E-state index in [9.17, 15) is 4.79 Å². The summed E-state index contributed by atoms with van der Waals surface area (Å²) >= 11 is 0. The first-order valence-corrected chi connectivity index (χ1v) is 9.40. The zero-order valence-corrected chi connectivity index (χ0v) is 18.1. The number of carbonyl (C=O) groups is 1. The lowest BCUT2D eigenvalue weighted by molar-refractivity contribution is 0.0951. The second-order valence-corrected chi connectivity index (χ2v) is 7.21. The van der Waals surface area contributed by atoms with Gasteiger partial charge in [0.05, 0.1) is 5.56 Å². The molecule has 154 valence electrons. The maximum atomic E-state index is 12.7. The van der Waals surface area contributed by atoms with E-state index in [1.54, 1.807) is 12.3 Å². The lowest BCUT2D eigenvalue weighted by Gasteiger charge is -2.20. The Kier molecular flexibility index (Phi) is 9.73. The van der Waals surface area contributed by atoms with Gasteiger partial charge in [-0.25, -0.2) is 4.98 Å². The average Bonchev–Trinajstić information content (AvgIpc) is 3.20. The number of aromatic nitrogens is 1. The molecule has 3 N–H and O–H groups in total. The summed E-state index contributed by atoms with van der Waals surface area (Å²) in [6.07, 6.45) is 4.04. The number of carbonyl (C=O) groups excluding carboxylic acids is 1. The molecule has 2 aromatic rings. The molecule has 0 bridgehead atoms. The largest absolute Gasteiger partial charge is 0.356 e. The molecule has 1 aromatic heterocycles. The van der Waals surface area contributed by atoms with Gasteiger partial charge < -0.3 is 16.0 Å². The van der Waals surface area contributed by atoms with Crippen LogP contribution in [0.2, 0.25) is 0 Å². The van der Waals surface area contributed by atoms with Crippen LogP contribution in [0, 0.1) is 0 Å². The molecule has 1 aliphatic rings. The summed E-state index contributed by atoms with van der Waals surface area (Å²) in [4.78, 5) is 19.3. The van der Waals surface area contributed by atoms with Gasteiger partial charge in [-0.1, -0.05) is 38.1 Å².